The number of ether oxygens (including phenoxy) is 2. The van der Waals surface area contributed by atoms with Crippen molar-refractivity contribution in [1.82, 2.24) is 15.5 Å². The predicted molar refractivity (Wildman–Crippen MR) is 132 cm³/mol. The minimum Gasteiger partial charge on any atom is -0.493 e. The van der Waals surface area contributed by atoms with Crippen LogP contribution in [0.2, 0.25) is 0 Å². The molecule has 1 heterocycles. The monoisotopic (exact) mass is 518 g/mol. The van der Waals surface area contributed by atoms with Crippen LogP contribution in [-0.2, 0) is 11.3 Å². The van der Waals surface area contributed by atoms with E-state index in [0.29, 0.717) is 19.8 Å². The van der Waals surface area contributed by atoms with E-state index in [1.54, 1.807) is 7.11 Å². The van der Waals surface area contributed by atoms with Gasteiger partial charge in [-0.05, 0) is 63.9 Å². The molecular formula is C22H39IN4O2. The van der Waals surface area contributed by atoms with E-state index in [1.165, 1.54) is 44.5 Å². The molecule has 2 rings (SSSR count). The quantitative estimate of drug-likeness (QED) is 0.192. The van der Waals surface area contributed by atoms with Crippen LogP contribution < -0.4 is 15.4 Å². The maximum Gasteiger partial charge on any atom is 0.191 e. The first-order valence-corrected chi connectivity index (χ1v) is 10.6. The Kier molecular flexibility index (Phi) is 14.1. The van der Waals surface area contributed by atoms with Gasteiger partial charge in [0.1, 0.15) is 5.75 Å². The molecule has 0 bridgehead atoms. The van der Waals surface area contributed by atoms with Crippen molar-refractivity contribution in [3.63, 3.8) is 0 Å². The van der Waals surface area contributed by atoms with Crippen molar-refractivity contribution in [2.45, 2.75) is 45.6 Å². The van der Waals surface area contributed by atoms with Crippen molar-refractivity contribution in [2.75, 3.05) is 53.6 Å². The first-order valence-electron chi connectivity index (χ1n) is 10.6. The molecule has 0 aliphatic carbocycles. The van der Waals surface area contributed by atoms with Gasteiger partial charge in [0.05, 0.1) is 6.61 Å². The van der Waals surface area contributed by atoms with E-state index in [-0.39, 0.29) is 24.0 Å². The molecule has 1 aromatic rings. The lowest BCUT2D eigenvalue weighted by molar-refractivity contribution is 0.172. The van der Waals surface area contributed by atoms with E-state index in [4.69, 9.17) is 9.47 Å². The Morgan fingerprint density at radius 3 is 2.62 bits per heavy atom. The second kappa shape index (κ2) is 15.7. The number of nitrogens with zero attached hydrogens (tertiary/aromatic N) is 2. The summed E-state index contributed by atoms with van der Waals surface area (Å²) in [6, 6.07) is 6.34. The van der Waals surface area contributed by atoms with Crippen molar-refractivity contribution < 1.29 is 9.47 Å². The number of aryl methyl sites for hydroxylation is 1. The molecule has 7 heteroatoms. The van der Waals surface area contributed by atoms with Gasteiger partial charge in [0, 0.05) is 45.8 Å². The number of halogens is 1. The zero-order valence-electron chi connectivity index (χ0n) is 18.3. The smallest absolute Gasteiger partial charge is 0.191 e. The SMILES string of the molecule is CN=C(NCCCCN1CCCC1)NCc1ccc(C)cc1OCCCOC.I. The molecule has 1 aliphatic heterocycles. The van der Waals surface area contributed by atoms with E-state index in [1.807, 2.05) is 7.05 Å². The average molecular weight is 518 g/mol. The molecule has 29 heavy (non-hydrogen) atoms. The van der Waals surface area contributed by atoms with Gasteiger partial charge in [0.2, 0.25) is 0 Å². The standard InChI is InChI=1S/C22H38N4O2.HI/c1-19-9-10-20(21(17-19)28-16-8-15-27-3)18-25-22(23-2)24-11-4-5-12-26-13-6-7-14-26;/h9-10,17H,4-8,11-16,18H2,1-3H3,(H2,23,24,25);1H. The topological polar surface area (TPSA) is 58.1 Å². The van der Waals surface area contributed by atoms with Gasteiger partial charge in [0.15, 0.2) is 5.96 Å². The predicted octanol–water partition coefficient (Wildman–Crippen LogP) is 3.57. The summed E-state index contributed by atoms with van der Waals surface area (Å²) in [6.45, 7) is 8.88. The Bertz CT molecular complexity index is 592. The number of methoxy groups -OCH3 is 1. The zero-order chi connectivity index (χ0) is 20.0. The highest BCUT2D eigenvalue weighted by Gasteiger charge is 2.10. The summed E-state index contributed by atoms with van der Waals surface area (Å²) in [4.78, 5) is 6.91. The van der Waals surface area contributed by atoms with Gasteiger partial charge in [-0.2, -0.15) is 0 Å². The van der Waals surface area contributed by atoms with E-state index >= 15 is 0 Å². The highest BCUT2D eigenvalue weighted by atomic mass is 127. The van der Waals surface area contributed by atoms with Gasteiger partial charge in [0.25, 0.3) is 0 Å². The number of aliphatic imine (C=N–C) groups is 1. The molecule has 1 fully saturated rings. The number of guanidine groups is 1. The molecule has 0 atom stereocenters. The number of unbranched alkanes of at least 4 members (excludes halogenated alkanes) is 1. The summed E-state index contributed by atoms with van der Waals surface area (Å²) < 4.78 is 11.1. The summed E-state index contributed by atoms with van der Waals surface area (Å²) in [5.41, 5.74) is 2.34. The number of nitrogens with one attached hydrogen (secondary N) is 2. The third-order valence-corrected chi connectivity index (χ3v) is 5.04. The Hall–Kier alpha value is -1.06. The van der Waals surface area contributed by atoms with Crippen LogP contribution in [0, 0.1) is 6.92 Å². The molecule has 1 saturated heterocycles. The van der Waals surface area contributed by atoms with Gasteiger partial charge in [-0.15, -0.1) is 24.0 Å². The molecule has 0 amide bonds. The molecule has 0 unspecified atom stereocenters. The molecule has 166 valence electrons. The largest absolute Gasteiger partial charge is 0.493 e. The van der Waals surface area contributed by atoms with Gasteiger partial charge >= 0.3 is 0 Å². The highest BCUT2D eigenvalue weighted by molar-refractivity contribution is 14.0. The Morgan fingerprint density at radius 1 is 1.10 bits per heavy atom. The molecular weight excluding hydrogens is 479 g/mol. The molecule has 1 aliphatic rings. The van der Waals surface area contributed by atoms with Crippen LogP contribution in [0.1, 0.15) is 43.2 Å². The van der Waals surface area contributed by atoms with Crippen LogP contribution in [0.3, 0.4) is 0 Å². The molecule has 0 saturated carbocycles. The summed E-state index contributed by atoms with van der Waals surface area (Å²) in [7, 11) is 3.53. The van der Waals surface area contributed by atoms with Gasteiger partial charge in [-0.3, -0.25) is 4.99 Å². The van der Waals surface area contributed by atoms with Crippen LogP contribution >= 0.6 is 24.0 Å². The molecule has 0 spiro atoms. The summed E-state index contributed by atoms with van der Waals surface area (Å²) in [6.07, 6.45) is 6.02. The first kappa shape index (κ1) is 26.0. The fraction of sp³-hybridized carbons (Fsp3) is 0.682. The van der Waals surface area contributed by atoms with Crippen LogP contribution in [0.5, 0.6) is 5.75 Å². The zero-order valence-corrected chi connectivity index (χ0v) is 20.7. The van der Waals surface area contributed by atoms with Crippen LogP contribution in [0.4, 0.5) is 0 Å². The fourth-order valence-electron chi connectivity index (χ4n) is 3.40. The molecule has 0 radical (unpaired) electrons. The van der Waals surface area contributed by atoms with Crippen LogP contribution in [-0.4, -0.2) is 64.4 Å². The number of rotatable bonds is 12. The lowest BCUT2D eigenvalue weighted by Gasteiger charge is -2.16. The second-order valence-electron chi connectivity index (χ2n) is 7.41. The highest BCUT2D eigenvalue weighted by Crippen LogP contribution is 2.20. The van der Waals surface area contributed by atoms with E-state index < -0.39 is 0 Å². The number of likely N-dealkylation sites (tertiary alicyclic amines) is 1. The first-order chi connectivity index (χ1) is 13.7. The van der Waals surface area contributed by atoms with Gasteiger partial charge < -0.3 is 25.0 Å². The van der Waals surface area contributed by atoms with E-state index in [0.717, 1.165) is 36.7 Å². The minimum atomic E-state index is 0. The minimum absolute atomic E-state index is 0. The summed E-state index contributed by atoms with van der Waals surface area (Å²) in [5.74, 6) is 1.77. The maximum absolute atomic E-state index is 5.96. The third kappa shape index (κ3) is 10.5. The Labute approximate surface area is 193 Å². The molecule has 0 aromatic heterocycles. The van der Waals surface area contributed by atoms with Crippen LogP contribution in [0.25, 0.3) is 0 Å². The Morgan fingerprint density at radius 2 is 1.90 bits per heavy atom. The van der Waals surface area contributed by atoms with E-state index in [9.17, 15) is 0 Å². The number of hydrogen-bond donors (Lipinski definition) is 2. The normalized spacial score (nSPS) is 14.5. The molecule has 1 aromatic carbocycles. The summed E-state index contributed by atoms with van der Waals surface area (Å²) >= 11 is 0. The fourth-order valence-corrected chi connectivity index (χ4v) is 3.40. The van der Waals surface area contributed by atoms with E-state index in [2.05, 4.69) is 45.6 Å². The van der Waals surface area contributed by atoms with Gasteiger partial charge in [-0.1, -0.05) is 12.1 Å². The molecule has 2 N–H and O–H groups in total. The number of hydrogen-bond acceptors (Lipinski definition) is 4. The Balaban J connectivity index is 0.00000420. The average Bonchev–Trinajstić information content (AvgIpc) is 3.22. The second-order valence-corrected chi connectivity index (χ2v) is 7.41. The van der Waals surface area contributed by atoms with Gasteiger partial charge in [-0.25, -0.2) is 0 Å². The maximum atomic E-state index is 5.96. The lowest BCUT2D eigenvalue weighted by atomic mass is 10.1. The molecule has 6 nitrogen and oxygen atoms in total. The third-order valence-electron chi connectivity index (χ3n) is 5.04. The van der Waals surface area contributed by atoms with Crippen molar-refractivity contribution in [3.05, 3.63) is 29.3 Å². The van der Waals surface area contributed by atoms with Crippen molar-refractivity contribution in [1.29, 1.82) is 0 Å². The summed E-state index contributed by atoms with van der Waals surface area (Å²) in [5, 5.41) is 6.82. The number of benzene rings is 1. The van der Waals surface area contributed by atoms with Crippen molar-refractivity contribution in [3.8, 4) is 5.75 Å². The lowest BCUT2D eigenvalue weighted by Crippen LogP contribution is -2.37. The van der Waals surface area contributed by atoms with Crippen molar-refractivity contribution in [2.24, 2.45) is 4.99 Å². The van der Waals surface area contributed by atoms with Crippen molar-refractivity contribution >= 4 is 29.9 Å². The van der Waals surface area contributed by atoms with Crippen LogP contribution in [0.15, 0.2) is 23.2 Å².